The Bertz CT molecular complexity index is 817. The fraction of sp³-hybridized carbons (Fsp3) is 0.278. The van der Waals surface area contributed by atoms with Crippen LogP contribution in [-0.2, 0) is 0 Å². The minimum atomic E-state index is 0.719. The molecule has 4 heteroatoms. The van der Waals surface area contributed by atoms with E-state index in [9.17, 15) is 0 Å². The maximum Gasteiger partial charge on any atom is 0.119 e. The van der Waals surface area contributed by atoms with Crippen molar-refractivity contribution in [3.8, 4) is 5.75 Å². The first-order valence-corrected chi connectivity index (χ1v) is 8.42. The highest BCUT2D eigenvalue weighted by molar-refractivity contribution is 7.99. The fourth-order valence-electron chi connectivity index (χ4n) is 2.54. The minimum Gasteiger partial charge on any atom is -0.497 e. The van der Waals surface area contributed by atoms with Crippen molar-refractivity contribution in [3.63, 3.8) is 0 Å². The predicted octanol–water partition coefficient (Wildman–Crippen LogP) is 4.15. The predicted molar refractivity (Wildman–Crippen MR) is 94.9 cm³/mol. The third kappa shape index (κ3) is 2.89. The minimum absolute atomic E-state index is 0.719. The Morgan fingerprint density at radius 2 is 1.82 bits per heavy atom. The Hall–Kier alpha value is -1.78. The molecule has 0 aliphatic rings. The first-order valence-electron chi connectivity index (χ1n) is 7.44. The van der Waals surface area contributed by atoms with Crippen molar-refractivity contribution in [3.05, 3.63) is 42.0 Å². The number of ether oxygens (including phenoxy) is 1. The highest BCUT2D eigenvalue weighted by atomic mass is 32.2. The maximum absolute atomic E-state index is 5.64. The van der Waals surface area contributed by atoms with Crippen molar-refractivity contribution in [2.24, 2.45) is 5.73 Å². The highest BCUT2D eigenvalue weighted by Crippen LogP contribution is 2.36. The Balaban J connectivity index is 2.25. The van der Waals surface area contributed by atoms with Crippen LogP contribution in [-0.4, -0.2) is 24.4 Å². The summed E-state index contributed by atoms with van der Waals surface area (Å²) in [4.78, 5) is 6.06. The van der Waals surface area contributed by atoms with E-state index in [-0.39, 0.29) is 0 Å². The van der Waals surface area contributed by atoms with Crippen LogP contribution < -0.4 is 10.5 Å². The molecule has 1 heterocycles. The molecule has 2 aromatic carbocycles. The zero-order valence-corrected chi connectivity index (χ0v) is 13.7. The van der Waals surface area contributed by atoms with E-state index in [0.29, 0.717) is 0 Å². The lowest BCUT2D eigenvalue weighted by atomic mass is 10.1. The fourth-order valence-corrected chi connectivity index (χ4v) is 3.69. The molecule has 3 aromatic rings. The van der Waals surface area contributed by atoms with Crippen LogP contribution in [0.15, 0.2) is 41.3 Å². The SMILES string of the molecule is COc1ccc2nc3ccc(C)cc3c(SCCCN)c2c1. The lowest BCUT2D eigenvalue weighted by molar-refractivity contribution is 0.415. The highest BCUT2D eigenvalue weighted by Gasteiger charge is 2.11. The Labute approximate surface area is 134 Å². The Morgan fingerprint density at radius 1 is 1.09 bits per heavy atom. The smallest absolute Gasteiger partial charge is 0.119 e. The molecule has 3 rings (SSSR count). The summed E-state index contributed by atoms with van der Waals surface area (Å²) in [6, 6.07) is 12.5. The second kappa shape index (κ2) is 6.55. The van der Waals surface area contributed by atoms with Crippen molar-refractivity contribution >= 4 is 33.6 Å². The third-order valence-electron chi connectivity index (χ3n) is 3.68. The average Bonchev–Trinajstić information content (AvgIpc) is 2.54. The molecule has 0 bridgehead atoms. The van der Waals surface area contributed by atoms with Crippen LogP contribution in [0.25, 0.3) is 21.8 Å². The zero-order valence-electron chi connectivity index (χ0n) is 12.9. The topological polar surface area (TPSA) is 48.1 Å². The van der Waals surface area contributed by atoms with Crippen LogP contribution >= 0.6 is 11.8 Å². The van der Waals surface area contributed by atoms with Gasteiger partial charge in [-0.15, -0.1) is 11.8 Å². The number of nitrogens with two attached hydrogens (primary N) is 1. The van der Waals surface area contributed by atoms with Crippen molar-refractivity contribution < 1.29 is 4.74 Å². The average molecular weight is 312 g/mol. The van der Waals surface area contributed by atoms with E-state index in [0.717, 1.165) is 40.9 Å². The number of aromatic nitrogens is 1. The quantitative estimate of drug-likeness (QED) is 0.437. The molecule has 2 N–H and O–H groups in total. The van der Waals surface area contributed by atoms with Gasteiger partial charge < -0.3 is 10.5 Å². The van der Waals surface area contributed by atoms with E-state index in [1.54, 1.807) is 7.11 Å². The van der Waals surface area contributed by atoms with E-state index in [2.05, 4.69) is 31.2 Å². The van der Waals surface area contributed by atoms with Crippen LogP contribution in [0, 0.1) is 6.92 Å². The molecule has 114 valence electrons. The van der Waals surface area contributed by atoms with Crippen molar-refractivity contribution in [1.29, 1.82) is 0 Å². The number of hydrogen-bond acceptors (Lipinski definition) is 4. The molecule has 0 radical (unpaired) electrons. The van der Waals surface area contributed by atoms with Crippen molar-refractivity contribution in [2.75, 3.05) is 19.4 Å². The van der Waals surface area contributed by atoms with Gasteiger partial charge >= 0.3 is 0 Å². The molecular formula is C18H20N2OS. The van der Waals surface area contributed by atoms with Gasteiger partial charge in [0, 0.05) is 15.7 Å². The number of aryl methyl sites for hydroxylation is 1. The molecular weight excluding hydrogens is 292 g/mol. The summed E-state index contributed by atoms with van der Waals surface area (Å²) in [5.41, 5.74) is 8.94. The van der Waals surface area contributed by atoms with Gasteiger partial charge in [0.15, 0.2) is 0 Å². The first-order chi connectivity index (χ1) is 10.7. The molecule has 0 saturated carbocycles. The van der Waals surface area contributed by atoms with E-state index in [4.69, 9.17) is 15.5 Å². The standard InChI is InChI=1S/C18H20N2OS/c1-12-4-6-16-14(10-12)18(22-9-3-8-19)15-11-13(21-2)5-7-17(15)20-16/h4-7,10-11H,3,8-9,19H2,1-2H3. The van der Waals surface area contributed by atoms with Gasteiger partial charge in [-0.2, -0.15) is 0 Å². The molecule has 0 aliphatic carbocycles. The molecule has 0 unspecified atom stereocenters. The number of nitrogens with zero attached hydrogens (tertiary/aromatic N) is 1. The number of fused-ring (bicyclic) bond motifs is 2. The number of rotatable bonds is 5. The van der Waals surface area contributed by atoms with Gasteiger partial charge in [-0.1, -0.05) is 11.6 Å². The van der Waals surface area contributed by atoms with Gasteiger partial charge in [-0.25, -0.2) is 4.98 Å². The van der Waals surface area contributed by atoms with Gasteiger partial charge in [0.1, 0.15) is 5.75 Å². The van der Waals surface area contributed by atoms with Gasteiger partial charge in [0.05, 0.1) is 18.1 Å². The van der Waals surface area contributed by atoms with E-state index in [1.165, 1.54) is 15.8 Å². The molecule has 0 fully saturated rings. The lowest BCUT2D eigenvalue weighted by Crippen LogP contribution is -1.99. The summed E-state index contributed by atoms with van der Waals surface area (Å²) in [6.45, 7) is 2.83. The second-order valence-electron chi connectivity index (χ2n) is 5.34. The number of benzene rings is 2. The van der Waals surface area contributed by atoms with Gasteiger partial charge in [0.25, 0.3) is 0 Å². The molecule has 0 aliphatic heterocycles. The number of thioether (sulfide) groups is 1. The molecule has 22 heavy (non-hydrogen) atoms. The van der Waals surface area contributed by atoms with E-state index >= 15 is 0 Å². The molecule has 0 atom stereocenters. The molecule has 0 saturated heterocycles. The Morgan fingerprint density at radius 3 is 2.55 bits per heavy atom. The molecule has 0 spiro atoms. The molecule has 3 nitrogen and oxygen atoms in total. The van der Waals surface area contributed by atoms with Crippen LogP contribution in [0.5, 0.6) is 5.75 Å². The van der Waals surface area contributed by atoms with Gasteiger partial charge in [-0.3, -0.25) is 0 Å². The van der Waals surface area contributed by atoms with Crippen LogP contribution in [0.4, 0.5) is 0 Å². The maximum atomic E-state index is 5.64. The normalized spacial score (nSPS) is 11.2. The van der Waals surface area contributed by atoms with Crippen LogP contribution in [0.3, 0.4) is 0 Å². The van der Waals surface area contributed by atoms with Crippen molar-refractivity contribution in [2.45, 2.75) is 18.2 Å². The molecule has 1 aromatic heterocycles. The second-order valence-corrected chi connectivity index (χ2v) is 6.44. The Kier molecular flexibility index (Phi) is 4.50. The van der Waals surface area contributed by atoms with E-state index in [1.807, 2.05) is 23.9 Å². The number of methoxy groups -OCH3 is 1. The summed E-state index contributed by atoms with van der Waals surface area (Å²) < 4.78 is 5.38. The van der Waals surface area contributed by atoms with Gasteiger partial charge in [0.2, 0.25) is 0 Å². The summed E-state index contributed by atoms with van der Waals surface area (Å²) in [5.74, 6) is 1.87. The largest absolute Gasteiger partial charge is 0.497 e. The monoisotopic (exact) mass is 312 g/mol. The van der Waals surface area contributed by atoms with Gasteiger partial charge in [-0.05, 0) is 56.0 Å². The van der Waals surface area contributed by atoms with Crippen LogP contribution in [0.1, 0.15) is 12.0 Å². The summed E-state index contributed by atoms with van der Waals surface area (Å²) in [7, 11) is 1.70. The lowest BCUT2D eigenvalue weighted by Gasteiger charge is -2.12. The first kappa shape index (κ1) is 15.1. The van der Waals surface area contributed by atoms with Crippen LogP contribution in [0.2, 0.25) is 0 Å². The summed E-state index contributed by atoms with van der Waals surface area (Å²) in [6.07, 6.45) is 1.01. The zero-order chi connectivity index (χ0) is 15.5. The van der Waals surface area contributed by atoms with Crippen molar-refractivity contribution in [1.82, 2.24) is 4.98 Å². The summed E-state index contributed by atoms with van der Waals surface area (Å²) >= 11 is 1.86. The van der Waals surface area contributed by atoms with E-state index < -0.39 is 0 Å². The molecule has 0 amide bonds. The number of hydrogen-bond donors (Lipinski definition) is 1. The number of pyridine rings is 1. The summed E-state index contributed by atoms with van der Waals surface area (Å²) in [5, 5.41) is 2.36. The third-order valence-corrected chi connectivity index (χ3v) is 4.90.